The van der Waals surface area contributed by atoms with Crippen LogP contribution >= 0.6 is 0 Å². The van der Waals surface area contributed by atoms with Crippen molar-refractivity contribution in [3.8, 4) is 5.75 Å². The van der Waals surface area contributed by atoms with Gasteiger partial charge >= 0.3 is 5.63 Å². The van der Waals surface area contributed by atoms with Crippen molar-refractivity contribution in [1.29, 1.82) is 0 Å². The Bertz CT molecular complexity index is 1330. The third-order valence-corrected chi connectivity index (χ3v) is 5.20. The van der Waals surface area contributed by atoms with Crippen LogP contribution in [0, 0.1) is 0 Å². The maximum atomic E-state index is 11.3. The van der Waals surface area contributed by atoms with Crippen LogP contribution in [0.25, 0.3) is 21.7 Å². The molecule has 0 saturated carbocycles. The molecule has 2 bridgehead atoms. The van der Waals surface area contributed by atoms with E-state index in [-0.39, 0.29) is 11.0 Å². The molecule has 0 atom stereocenters. The summed E-state index contributed by atoms with van der Waals surface area (Å²) in [5.74, 6) is 0.914. The monoisotopic (exact) mass is 410 g/mol. The summed E-state index contributed by atoms with van der Waals surface area (Å²) in [6, 6.07) is 30.3. The zero-order chi connectivity index (χ0) is 21.8. The minimum absolute atomic E-state index is 0.00475. The first kappa shape index (κ1) is 20.7. The zero-order valence-corrected chi connectivity index (χ0v) is 18.1. The van der Waals surface area contributed by atoms with E-state index in [0.29, 0.717) is 17.6 Å². The molecule has 6 rings (SSSR count). The van der Waals surface area contributed by atoms with E-state index in [4.69, 9.17) is 9.15 Å². The fourth-order valence-electron chi connectivity index (χ4n) is 3.55. The Morgan fingerprint density at radius 3 is 2.13 bits per heavy atom. The van der Waals surface area contributed by atoms with Gasteiger partial charge < -0.3 is 9.15 Å². The molecular weight excluding hydrogens is 384 g/mol. The van der Waals surface area contributed by atoms with Gasteiger partial charge in [0.1, 0.15) is 17.9 Å². The number of rotatable bonds is 3. The van der Waals surface area contributed by atoms with Gasteiger partial charge in [0.05, 0.1) is 5.39 Å². The second-order valence-electron chi connectivity index (χ2n) is 8.63. The Balaban J connectivity index is 0.000000158. The van der Waals surface area contributed by atoms with E-state index >= 15 is 0 Å². The van der Waals surface area contributed by atoms with Crippen molar-refractivity contribution in [3.05, 3.63) is 113 Å². The Labute approximate surface area is 182 Å². The van der Waals surface area contributed by atoms with Gasteiger partial charge in [-0.2, -0.15) is 0 Å². The summed E-state index contributed by atoms with van der Waals surface area (Å²) in [4.78, 5) is 11.3. The molecule has 3 heteroatoms. The highest BCUT2D eigenvalue weighted by Crippen LogP contribution is 2.27. The Kier molecular flexibility index (Phi) is 5.77. The maximum absolute atomic E-state index is 11.3. The van der Waals surface area contributed by atoms with E-state index in [1.165, 1.54) is 16.3 Å². The van der Waals surface area contributed by atoms with Gasteiger partial charge in [0.25, 0.3) is 0 Å². The molecule has 31 heavy (non-hydrogen) atoms. The lowest BCUT2D eigenvalue weighted by Gasteiger charge is -2.20. The second-order valence-corrected chi connectivity index (χ2v) is 8.63. The molecular formula is C28H26O3. The quantitative estimate of drug-likeness (QED) is 0.323. The van der Waals surface area contributed by atoms with Gasteiger partial charge in [-0.3, -0.25) is 0 Å². The predicted octanol–water partition coefficient (Wildman–Crippen LogP) is 6.95. The first-order valence-electron chi connectivity index (χ1n) is 10.4. The minimum Gasteiger partial charge on any atom is -0.489 e. The van der Waals surface area contributed by atoms with Crippen LogP contribution in [0.5, 0.6) is 5.75 Å². The molecule has 0 radical (unpaired) electrons. The molecule has 6 aromatic rings. The van der Waals surface area contributed by atoms with E-state index in [1.54, 1.807) is 0 Å². The van der Waals surface area contributed by atoms with Crippen LogP contribution in [0.4, 0.5) is 0 Å². The topological polar surface area (TPSA) is 39.4 Å². The van der Waals surface area contributed by atoms with Crippen LogP contribution in [0.2, 0.25) is 0 Å². The molecule has 4 aromatic carbocycles. The molecule has 0 N–H and O–H groups in total. The Morgan fingerprint density at radius 1 is 0.774 bits per heavy atom. The van der Waals surface area contributed by atoms with Crippen molar-refractivity contribution in [2.75, 3.05) is 0 Å². The van der Waals surface area contributed by atoms with E-state index < -0.39 is 0 Å². The molecule has 0 aliphatic heterocycles. The fourth-order valence-corrected chi connectivity index (χ4v) is 3.55. The van der Waals surface area contributed by atoms with Crippen LogP contribution in [-0.2, 0) is 12.0 Å². The molecule has 0 amide bonds. The van der Waals surface area contributed by atoms with Crippen molar-refractivity contribution in [2.45, 2.75) is 32.8 Å². The highest BCUT2D eigenvalue weighted by Gasteiger charge is 2.19. The average molecular weight is 411 g/mol. The molecule has 0 fully saturated rings. The molecule has 0 spiro atoms. The van der Waals surface area contributed by atoms with Crippen LogP contribution < -0.4 is 10.4 Å². The summed E-state index contributed by atoms with van der Waals surface area (Å²) in [6.45, 7) is 6.88. The van der Waals surface area contributed by atoms with Gasteiger partial charge in [-0.1, -0.05) is 81.4 Å². The lowest BCUT2D eigenvalue weighted by molar-refractivity contribution is 0.306. The smallest absolute Gasteiger partial charge is 0.343 e. The molecule has 0 aliphatic rings. The van der Waals surface area contributed by atoms with Crippen molar-refractivity contribution in [1.82, 2.24) is 0 Å². The third kappa shape index (κ3) is 4.95. The number of fused-ring (bicyclic) bond motifs is 4. The first-order chi connectivity index (χ1) is 14.9. The summed E-state index contributed by atoms with van der Waals surface area (Å²) in [5.41, 5.74) is 2.70. The SMILES string of the molecule is CC(C)(C)c1cc2ccc1c(=O)o2.c1ccc(COc2ccc3ccccc3c2)cc1. The van der Waals surface area contributed by atoms with Gasteiger partial charge in [-0.25, -0.2) is 4.79 Å². The predicted molar refractivity (Wildman–Crippen MR) is 127 cm³/mol. The average Bonchev–Trinajstić information content (AvgIpc) is 2.78. The molecule has 0 aliphatic carbocycles. The zero-order valence-electron chi connectivity index (χ0n) is 18.1. The first-order valence-corrected chi connectivity index (χ1v) is 10.4. The Morgan fingerprint density at radius 2 is 1.48 bits per heavy atom. The summed E-state index contributed by atoms with van der Waals surface area (Å²) in [6.07, 6.45) is 0. The van der Waals surface area contributed by atoms with E-state index in [2.05, 4.69) is 57.2 Å². The third-order valence-electron chi connectivity index (χ3n) is 5.20. The lowest BCUT2D eigenvalue weighted by Crippen LogP contribution is -2.16. The van der Waals surface area contributed by atoms with E-state index in [0.717, 1.165) is 11.3 Å². The van der Waals surface area contributed by atoms with Gasteiger partial charge in [0, 0.05) is 0 Å². The van der Waals surface area contributed by atoms with E-state index in [1.807, 2.05) is 54.6 Å². The second kappa shape index (κ2) is 8.65. The van der Waals surface area contributed by atoms with Crippen molar-refractivity contribution in [3.63, 3.8) is 0 Å². The molecule has 156 valence electrons. The van der Waals surface area contributed by atoms with Crippen molar-refractivity contribution < 1.29 is 9.15 Å². The number of hydrogen-bond donors (Lipinski definition) is 0. The van der Waals surface area contributed by atoms with Gasteiger partial charge in [-0.05, 0) is 57.6 Å². The normalized spacial score (nSPS) is 11.3. The van der Waals surface area contributed by atoms with Crippen molar-refractivity contribution in [2.24, 2.45) is 0 Å². The number of hydrogen-bond acceptors (Lipinski definition) is 3. The minimum atomic E-state index is -0.218. The van der Waals surface area contributed by atoms with Crippen LogP contribution in [0.15, 0.2) is 100 Å². The number of ether oxygens (including phenoxy) is 1. The van der Waals surface area contributed by atoms with Crippen LogP contribution in [0.3, 0.4) is 0 Å². The highest BCUT2D eigenvalue weighted by molar-refractivity contribution is 5.83. The molecule has 2 aromatic heterocycles. The molecule has 0 saturated heterocycles. The van der Waals surface area contributed by atoms with Crippen LogP contribution in [-0.4, -0.2) is 0 Å². The highest BCUT2D eigenvalue weighted by atomic mass is 16.5. The molecule has 0 unspecified atom stereocenters. The summed E-state index contributed by atoms with van der Waals surface area (Å²) in [7, 11) is 0. The van der Waals surface area contributed by atoms with Gasteiger partial charge in [0.2, 0.25) is 0 Å². The fraction of sp³-hybridized carbons (Fsp3) is 0.179. The molecule has 2 heterocycles. The standard InChI is InChI=1S/C17H14O.C11H12O2/c1-2-6-14(7-3-1)13-18-17-11-10-15-8-4-5-9-16(15)12-17;1-11(2,3)9-6-7-4-5-8(9)10(12)13-7/h1-12H,13H2;4-6H,1-3H3. The largest absolute Gasteiger partial charge is 0.489 e. The van der Waals surface area contributed by atoms with Gasteiger partial charge in [-0.15, -0.1) is 0 Å². The van der Waals surface area contributed by atoms with Crippen molar-refractivity contribution >= 4 is 21.7 Å². The summed E-state index contributed by atoms with van der Waals surface area (Å²) in [5, 5.41) is 3.15. The maximum Gasteiger partial charge on any atom is 0.343 e. The summed E-state index contributed by atoms with van der Waals surface area (Å²) >= 11 is 0. The van der Waals surface area contributed by atoms with Gasteiger partial charge in [0.15, 0.2) is 0 Å². The lowest BCUT2D eigenvalue weighted by atomic mass is 9.85. The Hall–Kier alpha value is -3.59. The number of benzene rings is 4. The van der Waals surface area contributed by atoms with E-state index in [9.17, 15) is 4.79 Å². The van der Waals surface area contributed by atoms with Crippen LogP contribution in [0.1, 0.15) is 31.9 Å². The molecule has 3 nitrogen and oxygen atoms in total. The summed E-state index contributed by atoms with van der Waals surface area (Å²) < 4.78 is 10.8.